The normalized spacial score (nSPS) is 15.6. The van der Waals surface area contributed by atoms with Crippen molar-refractivity contribution in [2.45, 2.75) is 31.4 Å². The lowest BCUT2D eigenvalue weighted by Crippen LogP contribution is -2.35. The highest BCUT2D eigenvalue weighted by molar-refractivity contribution is 6.31. The van der Waals surface area contributed by atoms with Gasteiger partial charge in [-0.3, -0.25) is 4.98 Å². The smallest absolute Gasteiger partial charge is 0.156 e. The van der Waals surface area contributed by atoms with Gasteiger partial charge in [-0.05, 0) is 90.6 Å². The van der Waals surface area contributed by atoms with Gasteiger partial charge < -0.3 is 19.9 Å². The van der Waals surface area contributed by atoms with Crippen LogP contribution in [0.2, 0.25) is 10.0 Å². The molecule has 6 nitrogen and oxygen atoms in total. The number of halogens is 2. The summed E-state index contributed by atoms with van der Waals surface area (Å²) in [6.45, 7) is 5.03. The first-order chi connectivity index (χ1) is 20.4. The lowest BCUT2D eigenvalue weighted by molar-refractivity contribution is 0.117. The largest absolute Gasteiger partial charge is 0.374 e. The molecule has 1 unspecified atom stereocenters. The third-order valence-electron chi connectivity index (χ3n) is 8.22. The first-order valence-electron chi connectivity index (χ1n) is 14.5. The standard InChI is InChI=1S/C34H35Cl2N5O/c1-40-23-38-22-33(40)34(42,25-8-11-27(35)12-9-25)26-10-13-32-31(19-26)30(24-6-5-7-28(36)18-24)20-29(39-32)21-37-14-17-41-15-3-2-4-16-41/h5-13,18-20,22-23,37,42H,2-4,14-17,21H2,1H3. The summed E-state index contributed by atoms with van der Waals surface area (Å²) >= 11 is 12.7. The van der Waals surface area contributed by atoms with Crippen LogP contribution in [0.3, 0.4) is 0 Å². The summed E-state index contributed by atoms with van der Waals surface area (Å²) in [4.78, 5) is 11.9. The van der Waals surface area contributed by atoms with Crippen LogP contribution >= 0.6 is 23.2 Å². The molecule has 1 saturated heterocycles. The molecule has 3 heterocycles. The molecule has 3 aromatic carbocycles. The van der Waals surface area contributed by atoms with E-state index in [9.17, 15) is 5.11 Å². The van der Waals surface area contributed by atoms with E-state index < -0.39 is 5.60 Å². The van der Waals surface area contributed by atoms with Gasteiger partial charge in [0.15, 0.2) is 5.60 Å². The van der Waals surface area contributed by atoms with Crippen LogP contribution in [0.5, 0.6) is 0 Å². The van der Waals surface area contributed by atoms with Crippen molar-refractivity contribution in [3.8, 4) is 11.1 Å². The van der Waals surface area contributed by atoms with Gasteiger partial charge in [-0.25, -0.2) is 4.98 Å². The Morgan fingerprint density at radius 3 is 2.43 bits per heavy atom. The molecule has 2 N–H and O–H groups in total. The molecular formula is C34H35Cl2N5O. The number of rotatable bonds is 9. The van der Waals surface area contributed by atoms with E-state index >= 15 is 0 Å². The molecule has 5 aromatic rings. The molecule has 42 heavy (non-hydrogen) atoms. The van der Waals surface area contributed by atoms with E-state index in [1.54, 1.807) is 24.7 Å². The number of nitrogens with zero attached hydrogens (tertiary/aromatic N) is 4. The summed E-state index contributed by atoms with van der Waals surface area (Å²) in [6.07, 6.45) is 7.34. The fraction of sp³-hybridized carbons (Fsp3) is 0.294. The number of piperidine rings is 1. The minimum absolute atomic E-state index is 0.606. The van der Waals surface area contributed by atoms with Crippen LogP contribution in [0, 0.1) is 0 Å². The minimum Gasteiger partial charge on any atom is -0.374 e. The van der Waals surface area contributed by atoms with Gasteiger partial charge >= 0.3 is 0 Å². The third kappa shape index (κ3) is 5.96. The zero-order valence-electron chi connectivity index (χ0n) is 23.7. The van der Waals surface area contributed by atoms with Crippen LogP contribution in [-0.4, -0.2) is 50.7 Å². The van der Waals surface area contributed by atoms with Crippen molar-refractivity contribution in [2.75, 3.05) is 26.2 Å². The maximum Gasteiger partial charge on any atom is 0.156 e. The monoisotopic (exact) mass is 599 g/mol. The molecule has 1 aliphatic heterocycles. The molecule has 0 radical (unpaired) electrons. The lowest BCUT2D eigenvalue weighted by Gasteiger charge is -2.30. The lowest BCUT2D eigenvalue weighted by atomic mass is 9.82. The Morgan fingerprint density at radius 1 is 0.905 bits per heavy atom. The molecule has 216 valence electrons. The summed E-state index contributed by atoms with van der Waals surface area (Å²) in [7, 11) is 1.88. The first-order valence-corrected chi connectivity index (χ1v) is 15.3. The van der Waals surface area contributed by atoms with Crippen molar-refractivity contribution in [3.05, 3.63) is 118 Å². The summed E-state index contributed by atoms with van der Waals surface area (Å²) in [5.41, 5.74) is 4.41. The van der Waals surface area contributed by atoms with Crippen LogP contribution in [-0.2, 0) is 19.2 Å². The van der Waals surface area contributed by atoms with Crippen molar-refractivity contribution < 1.29 is 5.11 Å². The van der Waals surface area contributed by atoms with E-state index in [1.807, 2.05) is 60.1 Å². The molecule has 0 aliphatic carbocycles. The van der Waals surface area contributed by atoms with Gasteiger partial charge in [0.25, 0.3) is 0 Å². The molecule has 8 heteroatoms. The van der Waals surface area contributed by atoms with E-state index in [0.717, 1.165) is 40.8 Å². The summed E-state index contributed by atoms with van der Waals surface area (Å²) in [5.74, 6) is 0. The zero-order chi connectivity index (χ0) is 29.1. The molecule has 1 aliphatic rings. The number of likely N-dealkylation sites (tertiary alicyclic amines) is 1. The quantitative estimate of drug-likeness (QED) is 0.182. The molecule has 1 fully saturated rings. The van der Waals surface area contributed by atoms with Crippen LogP contribution in [0.4, 0.5) is 0 Å². The minimum atomic E-state index is -1.47. The van der Waals surface area contributed by atoms with Crippen molar-refractivity contribution in [2.24, 2.45) is 7.05 Å². The van der Waals surface area contributed by atoms with E-state index in [1.165, 1.54) is 32.4 Å². The maximum atomic E-state index is 12.5. The third-order valence-corrected chi connectivity index (χ3v) is 8.71. The topological polar surface area (TPSA) is 66.2 Å². The fourth-order valence-electron chi connectivity index (χ4n) is 5.99. The number of aliphatic hydroxyl groups is 1. The van der Waals surface area contributed by atoms with E-state index in [0.29, 0.717) is 33.4 Å². The Kier molecular flexibility index (Phi) is 8.61. The Bertz CT molecular complexity index is 1680. The van der Waals surface area contributed by atoms with Gasteiger partial charge in [0.05, 0.1) is 29.4 Å². The summed E-state index contributed by atoms with van der Waals surface area (Å²) in [6, 6.07) is 23.3. The number of hydrogen-bond acceptors (Lipinski definition) is 5. The molecule has 1 atom stereocenters. The average molecular weight is 601 g/mol. The maximum absolute atomic E-state index is 12.5. The van der Waals surface area contributed by atoms with E-state index in [-0.39, 0.29) is 0 Å². The summed E-state index contributed by atoms with van der Waals surface area (Å²) in [5, 5.41) is 18.3. The van der Waals surface area contributed by atoms with Crippen molar-refractivity contribution in [3.63, 3.8) is 0 Å². The van der Waals surface area contributed by atoms with Gasteiger partial charge in [-0.2, -0.15) is 0 Å². The molecule has 2 aromatic heterocycles. The zero-order valence-corrected chi connectivity index (χ0v) is 25.2. The fourth-order valence-corrected chi connectivity index (χ4v) is 6.30. The molecule has 0 bridgehead atoms. The number of aromatic nitrogens is 3. The highest BCUT2D eigenvalue weighted by Crippen LogP contribution is 2.40. The average Bonchev–Trinajstić information content (AvgIpc) is 3.45. The number of pyridine rings is 1. The Morgan fingerprint density at radius 2 is 1.69 bits per heavy atom. The van der Waals surface area contributed by atoms with Gasteiger partial charge in [-0.1, -0.05) is 60.0 Å². The second-order valence-corrected chi connectivity index (χ2v) is 12.0. The molecule has 0 amide bonds. The summed E-state index contributed by atoms with van der Waals surface area (Å²) < 4.78 is 1.84. The Hall–Kier alpha value is -3.26. The number of hydrogen-bond donors (Lipinski definition) is 2. The van der Waals surface area contributed by atoms with Gasteiger partial charge in [0, 0.05) is 42.1 Å². The highest BCUT2D eigenvalue weighted by atomic mass is 35.5. The number of imidazole rings is 1. The van der Waals surface area contributed by atoms with E-state index in [2.05, 4.69) is 27.3 Å². The first kappa shape index (κ1) is 28.8. The number of benzene rings is 3. The number of nitrogens with one attached hydrogen (secondary N) is 1. The Labute approximate surface area is 256 Å². The predicted octanol–water partition coefficient (Wildman–Crippen LogP) is 6.80. The van der Waals surface area contributed by atoms with E-state index in [4.69, 9.17) is 28.2 Å². The SMILES string of the molecule is Cn1cncc1C(O)(c1ccc(Cl)cc1)c1ccc2nc(CNCCN3CCCCC3)cc(-c3cccc(Cl)c3)c2c1. The van der Waals surface area contributed by atoms with Gasteiger partial charge in [0.1, 0.15) is 0 Å². The predicted molar refractivity (Wildman–Crippen MR) is 171 cm³/mol. The molecule has 0 saturated carbocycles. The molecule has 0 spiro atoms. The highest BCUT2D eigenvalue weighted by Gasteiger charge is 2.37. The second kappa shape index (κ2) is 12.5. The Balaban J connectivity index is 1.41. The van der Waals surface area contributed by atoms with Crippen molar-refractivity contribution in [1.82, 2.24) is 24.8 Å². The van der Waals surface area contributed by atoms with Crippen LogP contribution in [0.25, 0.3) is 22.0 Å². The second-order valence-electron chi connectivity index (χ2n) is 11.1. The van der Waals surface area contributed by atoms with Crippen molar-refractivity contribution in [1.29, 1.82) is 0 Å². The van der Waals surface area contributed by atoms with Crippen molar-refractivity contribution >= 4 is 34.1 Å². The number of fused-ring (bicyclic) bond motifs is 1. The van der Waals surface area contributed by atoms with Gasteiger partial charge in [-0.15, -0.1) is 0 Å². The molecule has 6 rings (SSSR count). The van der Waals surface area contributed by atoms with Crippen LogP contribution in [0.15, 0.2) is 85.3 Å². The van der Waals surface area contributed by atoms with Gasteiger partial charge in [0.2, 0.25) is 0 Å². The van der Waals surface area contributed by atoms with Crippen LogP contribution < -0.4 is 5.32 Å². The van der Waals surface area contributed by atoms with Crippen LogP contribution in [0.1, 0.15) is 41.8 Å². The number of aryl methyl sites for hydroxylation is 1. The molecular weight excluding hydrogens is 565 g/mol.